The Kier molecular flexibility index (Phi) is 5.21. The van der Waals surface area contributed by atoms with E-state index >= 15 is 0 Å². The van der Waals surface area contributed by atoms with Gasteiger partial charge in [-0.3, -0.25) is 0 Å². The average molecular weight is 308 g/mol. The van der Waals surface area contributed by atoms with Crippen molar-refractivity contribution in [2.75, 3.05) is 0 Å². The van der Waals surface area contributed by atoms with E-state index in [1.54, 1.807) is 19.1 Å². The molecule has 112 valence electrons. The van der Waals surface area contributed by atoms with Gasteiger partial charge in [-0.05, 0) is 55.7 Å². The molecule has 0 aliphatic heterocycles. The monoisotopic (exact) mass is 307 g/mol. The Hall–Kier alpha value is -1.58. The van der Waals surface area contributed by atoms with E-state index < -0.39 is 0 Å². The van der Waals surface area contributed by atoms with Crippen molar-refractivity contribution < 1.29 is 9.13 Å². The number of hydrogen-bond donors (Lipinski definition) is 1. The molecule has 2 nitrogen and oxygen atoms in total. The molecule has 2 aromatic carbocycles. The third kappa shape index (κ3) is 3.96. The summed E-state index contributed by atoms with van der Waals surface area (Å²) >= 11 is 6.26. The fraction of sp³-hybridized carbons (Fsp3) is 0.294. The van der Waals surface area contributed by atoms with Crippen molar-refractivity contribution in [1.29, 1.82) is 0 Å². The van der Waals surface area contributed by atoms with E-state index in [1.807, 2.05) is 25.1 Å². The Morgan fingerprint density at radius 2 is 2.05 bits per heavy atom. The summed E-state index contributed by atoms with van der Waals surface area (Å²) in [5.74, 6) is 1.00. The lowest BCUT2D eigenvalue weighted by atomic mass is 10.0. The van der Waals surface area contributed by atoms with Crippen molar-refractivity contribution in [3.8, 4) is 11.5 Å². The van der Waals surface area contributed by atoms with Crippen LogP contribution in [-0.2, 0) is 6.42 Å². The van der Waals surface area contributed by atoms with E-state index in [2.05, 4.69) is 0 Å². The quantitative estimate of drug-likeness (QED) is 0.856. The Bertz CT molecular complexity index is 630. The molecule has 0 aliphatic carbocycles. The van der Waals surface area contributed by atoms with Gasteiger partial charge in [-0.15, -0.1) is 0 Å². The molecule has 0 aliphatic rings. The van der Waals surface area contributed by atoms with Crippen LogP contribution in [0.3, 0.4) is 0 Å². The first-order valence-electron chi connectivity index (χ1n) is 6.98. The SMILES string of the molecule is CCC(N)Cc1c(Cl)cccc1Oc1ccc(F)c(C)c1. The standard InChI is InChI=1S/C17H19ClFNO/c1-3-12(20)10-14-15(18)5-4-6-17(14)21-13-7-8-16(19)11(2)9-13/h4-9,12H,3,10,20H2,1-2H3. The van der Waals surface area contributed by atoms with Gasteiger partial charge in [0.15, 0.2) is 0 Å². The summed E-state index contributed by atoms with van der Waals surface area (Å²) in [5.41, 5.74) is 7.44. The molecule has 0 amide bonds. The second-order valence-electron chi connectivity index (χ2n) is 5.10. The van der Waals surface area contributed by atoms with Crippen molar-refractivity contribution in [2.24, 2.45) is 5.73 Å². The second-order valence-corrected chi connectivity index (χ2v) is 5.51. The van der Waals surface area contributed by atoms with Crippen molar-refractivity contribution in [3.63, 3.8) is 0 Å². The van der Waals surface area contributed by atoms with Gasteiger partial charge in [-0.2, -0.15) is 0 Å². The van der Waals surface area contributed by atoms with Gasteiger partial charge < -0.3 is 10.5 Å². The molecule has 0 bridgehead atoms. The Balaban J connectivity index is 2.30. The van der Waals surface area contributed by atoms with Crippen LogP contribution in [0.1, 0.15) is 24.5 Å². The smallest absolute Gasteiger partial charge is 0.132 e. The van der Waals surface area contributed by atoms with E-state index in [1.165, 1.54) is 6.07 Å². The minimum Gasteiger partial charge on any atom is -0.457 e. The number of ether oxygens (including phenoxy) is 1. The molecule has 2 aromatic rings. The van der Waals surface area contributed by atoms with E-state index in [0.717, 1.165) is 12.0 Å². The third-order valence-corrected chi connectivity index (χ3v) is 3.78. The van der Waals surface area contributed by atoms with Crippen molar-refractivity contribution in [2.45, 2.75) is 32.7 Å². The Morgan fingerprint density at radius 3 is 2.71 bits per heavy atom. The average Bonchev–Trinajstić information content (AvgIpc) is 2.46. The molecule has 0 spiro atoms. The highest BCUT2D eigenvalue weighted by Gasteiger charge is 2.13. The topological polar surface area (TPSA) is 35.2 Å². The van der Waals surface area contributed by atoms with Crippen LogP contribution in [0.5, 0.6) is 11.5 Å². The van der Waals surface area contributed by atoms with Crippen LogP contribution in [0.15, 0.2) is 36.4 Å². The van der Waals surface area contributed by atoms with Crippen molar-refractivity contribution in [1.82, 2.24) is 0 Å². The van der Waals surface area contributed by atoms with Crippen LogP contribution < -0.4 is 10.5 Å². The lowest BCUT2D eigenvalue weighted by Crippen LogP contribution is -2.21. The number of aryl methyl sites for hydroxylation is 1. The summed E-state index contributed by atoms with van der Waals surface area (Å²) in [6.07, 6.45) is 1.51. The predicted octanol–water partition coefficient (Wildman–Crippen LogP) is 4.86. The van der Waals surface area contributed by atoms with Crippen LogP contribution in [0.25, 0.3) is 0 Å². The van der Waals surface area contributed by atoms with Crippen LogP contribution in [0.4, 0.5) is 4.39 Å². The summed E-state index contributed by atoms with van der Waals surface area (Å²) in [6, 6.07) is 10.2. The minimum atomic E-state index is -0.248. The molecule has 0 saturated heterocycles. The fourth-order valence-electron chi connectivity index (χ4n) is 2.05. The largest absolute Gasteiger partial charge is 0.457 e. The zero-order valence-electron chi connectivity index (χ0n) is 12.2. The molecule has 0 radical (unpaired) electrons. The number of hydrogen-bond acceptors (Lipinski definition) is 2. The lowest BCUT2D eigenvalue weighted by molar-refractivity contribution is 0.469. The third-order valence-electron chi connectivity index (χ3n) is 3.42. The number of rotatable bonds is 5. The van der Waals surface area contributed by atoms with Gasteiger partial charge in [0.25, 0.3) is 0 Å². The van der Waals surface area contributed by atoms with Crippen molar-refractivity contribution >= 4 is 11.6 Å². The molecule has 0 saturated carbocycles. The van der Waals surface area contributed by atoms with Gasteiger partial charge in [0, 0.05) is 16.6 Å². The van der Waals surface area contributed by atoms with Gasteiger partial charge >= 0.3 is 0 Å². The first kappa shape index (κ1) is 15.8. The maximum atomic E-state index is 13.3. The molecule has 0 aromatic heterocycles. The molecule has 2 N–H and O–H groups in total. The molecule has 0 fully saturated rings. The van der Waals surface area contributed by atoms with Crippen LogP contribution in [0.2, 0.25) is 5.02 Å². The van der Waals surface area contributed by atoms with E-state index in [9.17, 15) is 4.39 Å². The number of benzene rings is 2. The normalized spacial score (nSPS) is 12.2. The summed E-state index contributed by atoms with van der Waals surface area (Å²) in [6.45, 7) is 3.74. The maximum absolute atomic E-state index is 13.3. The lowest BCUT2D eigenvalue weighted by Gasteiger charge is -2.16. The molecular weight excluding hydrogens is 289 g/mol. The number of nitrogens with two attached hydrogens (primary N) is 1. The van der Waals surface area contributed by atoms with Gasteiger partial charge in [-0.1, -0.05) is 24.6 Å². The predicted molar refractivity (Wildman–Crippen MR) is 84.6 cm³/mol. The Labute approximate surface area is 129 Å². The van der Waals surface area contributed by atoms with Crippen LogP contribution >= 0.6 is 11.6 Å². The summed E-state index contributed by atoms with van der Waals surface area (Å²) in [4.78, 5) is 0. The maximum Gasteiger partial charge on any atom is 0.132 e. The second kappa shape index (κ2) is 6.92. The first-order valence-corrected chi connectivity index (χ1v) is 7.36. The zero-order chi connectivity index (χ0) is 15.4. The van der Waals surface area contributed by atoms with Gasteiger partial charge in [-0.25, -0.2) is 4.39 Å². The van der Waals surface area contributed by atoms with Crippen molar-refractivity contribution in [3.05, 3.63) is 58.4 Å². The molecule has 21 heavy (non-hydrogen) atoms. The van der Waals surface area contributed by atoms with Crippen LogP contribution in [0, 0.1) is 12.7 Å². The van der Waals surface area contributed by atoms with Gasteiger partial charge in [0.1, 0.15) is 17.3 Å². The molecule has 2 rings (SSSR count). The summed E-state index contributed by atoms with van der Waals surface area (Å²) in [5, 5.41) is 0.634. The van der Waals surface area contributed by atoms with Crippen LogP contribution in [-0.4, -0.2) is 6.04 Å². The van der Waals surface area contributed by atoms with E-state index in [0.29, 0.717) is 28.5 Å². The van der Waals surface area contributed by atoms with E-state index in [-0.39, 0.29) is 11.9 Å². The van der Waals surface area contributed by atoms with E-state index in [4.69, 9.17) is 22.1 Å². The highest BCUT2D eigenvalue weighted by atomic mass is 35.5. The number of halogens is 2. The summed E-state index contributed by atoms with van der Waals surface area (Å²) < 4.78 is 19.2. The summed E-state index contributed by atoms with van der Waals surface area (Å²) in [7, 11) is 0. The zero-order valence-corrected chi connectivity index (χ0v) is 13.0. The molecule has 4 heteroatoms. The van der Waals surface area contributed by atoms with Gasteiger partial charge in [0.05, 0.1) is 0 Å². The molecule has 1 atom stereocenters. The highest BCUT2D eigenvalue weighted by molar-refractivity contribution is 6.31. The molecule has 1 unspecified atom stereocenters. The fourth-order valence-corrected chi connectivity index (χ4v) is 2.29. The Morgan fingerprint density at radius 1 is 1.29 bits per heavy atom. The molecule has 0 heterocycles. The molecular formula is C17H19ClFNO. The minimum absolute atomic E-state index is 0.0298. The first-order chi connectivity index (χ1) is 10.0. The van der Waals surface area contributed by atoms with Gasteiger partial charge in [0.2, 0.25) is 0 Å². The highest BCUT2D eigenvalue weighted by Crippen LogP contribution is 2.32.